The van der Waals surface area contributed by atoms with E-state index in [-0.39, 0.29) is 10.8 Å². The summed E-state index contributed by atoms with van der Waals surface area (Å²) in [6.07, 6.45) is 1.51. The van der Waals surface area contributed by atoms with E-state index in [1.54, 1.807) is 20.8 Å². The van der Waals surface area contributed by atoms with E-state index in [4.69, 9.17) is 9.16 Å². The summed E-state index contributed by atoms with van der Waals surface area (Å²) in [5.74, 6) is -1.01. The molecular formula is C21H41NO6Si. The molecule has 2 atom stereocenters. The molecule has 0 aliphatic heterocycles. The van der Waals surface area contributed by atoms with Crippen molar-refractivity contribution in [2.24, 2.45) is 0 Å². The van der Waals surface area contributed by atoms with E-state index in [1.165, 1.54) is 0 Å². The van der Waals surface area contributed by atoms with E-state index in [2.05, 4.69) is 39.2 Å². The Hall–Kier alpha value is -1.41. The number of Topliss-reactive ketones (excluding diaryl/α,β-unsaturated/α-hetero) is 1. The minimum atomic E-state index is -1.98. The lowest BCUT2D eigenvalue weighted by molar-refractivity contribution is -0.139. The second-order valence-electron chi connectivity index (χ2n) is 10.1. The number of amides is 1. The predicted octanol–water partition coefficient (Wildman–Crippen LogP) is 4.89. The second kappa shape index (κ2) is 11.1. The molecule has 0 bridgehead atoms. The number of carbonyl (C=O) groups excluding carboxylic acids is 2. The lowest BCUT2D eigenvalue weighted by Gasteiger charge is -2.38. The summed E-state index contributed by atoms with van der Waals surface area (Å²) in [5, 5.41) is 11.7. The molecule has 29 heavy (non-hydrogen) atoms. The first-order valence-corrected chi connectivity index (χ1v) is 13.3. The number of hydrogen-bond donors (Lipinski definition) is 2. The van der Waals surface area contributed by atoms with E-state index in [0.717, 1.165) is 0 Å². The maximum atomic E-state index is 12.4. The molecule has 0 fully saturated rings. The van der Waals surface area contributed by atoms with Crippen LogP contribution in [0.15, 0.2) is 0 Å². The third-order valence-corrected chi connectivity index (χ3v) is 9.69. The molecule has 170 valence electrons. The van der Waals surface area contributed by atoms with Gasteiger partial charge in [0, 0.05) is 6.42 Å². The molecule has 0 saturated carbocycles. The van der Waals surface area contributed by atoms with Gasteiger partial charge in [0.1, 0.15) is 17.7 Å². The monoisotopic (exact) mass is 431 g/mol. The van der Waals surface area contributed by atoms with E-state index < -0.39 is 38.1 Å². The van der Waals surface area contributed by atoms with Crippen molar-refractivity contribution in [1.82, 2.24) is 5.32 Å². The van der Waals surface area contributed by atoms with Crippen molar-refractivity contribution in [3.63, 3.8) is 0 Å². The quantitative estimate of drug-likeness (QED) is 0.356. The summed E-state index contributed by atoms with van der Waals surface area (Å²) in [7, 11) is -1.98. The van der Waals surface area contributed by atoms with Crippen LogP contribution >= 0.6 is 0 Å². The Balaban J connectivity index is 4.33. The Morgan fingerprint density at radius 3 is 2.00 bits per heavy atom. The number of hydrogen-bond acceptors (Lipinski definition) is 5. The fourth-order valence-electron chi connectivity index (χ4n) is 2.42. The number of ether oxygens (including phenoxy) is 1. The highest BCUT2D eigenvalue weighted by Gasteiger charge is 2.39. The summed E-state index contributed by atoms with van der Waals surface area (Å²) >= 11 is 0. The highest BCUT2D eigenvalue weighted by Crippen LogP contribution is 2.37. The average molecular weight is 432 g/mol. The Bertz CT molecular complexity index is 562. The van der Waals surface area contributed by atoms with Crippen LogP contribution < -0.4 is 5.32 Å². The first-order valence-electron chi connectivity index (χ1n) is 10.4. The summed E-state index contributed by atoms with van der Waals surface area (Å²) in [6, 6.07) is -0.999. The van der Waals surface area contributed by atoms with Crippen molar-refractivity contribution in [2.75, 3.05) is 0 Å². The van der Waals surface area contributed by atoms with Gasteiger partial charge in [0.2, 0.25) is 0 Å². The van der Waals surface area contributed by atoms with E-state index in [1.807, 2.05) is 6.92 Å². The number of ketones is 1. The molecular weight excluding hydrogens is 390 g/mol. The number of carboxylic acids is 1. The summed E-state index contributed by atoms with van der Waals surface area (Å²) in [6.45, 7) is 17.6. The first-order chi connectivity index (χ1) is 13.0. The smallest absolute Gasteiger partial charge is 0.408 e. The number of carboxylic acid groups (broad SMARTS) is 1. The van der Waals surface area contributed by atoms with Crippen LogP contribution in [0.4, 0.5) is 4.79 Å². The van der Waals surface area contributed by atoms with Gasteiger partial charge in [-0.15, -0.1) is 0 Å². The molecule has 7 nitrogen and oxygen atoms in total. The molecule has 0 rings (SSSR count). The zero-order chi connectivity index (χ0) is 23.0. The molecule has 0 unspecified atom stereocenters. The molecule has 0 aromatic rings. The summed E-state index contributed by atoms with van der Waals surface area (Å²) in [4.78, 5) is 35.5. The van der Waals surface area contributed by atoms with Gasteiger partial charge in [-0.05, 0) is 58.7 Å². The Morgan fingerprint density at radius 2 is 1.55 bits per heavy atom. The highest BCUT2D eigenvalue weighted by atomic mass is 28.4. The van der Waals surface area contributed by atoms with Crippen molar-refractivity contribution < 1.29 is 28.7 Å². The number of rotatable bonds is 11. The number of carbonyl (C=O) groups is 3. The van der Waals surface area contributed by atoms with Gasteiger partial charge in [0.15, 0.2) is 14.1 Å². The van der Waals surface area contributed by atoms with Gasteiger partial charge in [-0.1, -0.05) is 33.6 Å². The first kappa shape index (κ1) is 27.6. The molecule has 0 spiro atoms. The van der Waals surface area contributed by atoms with E-state index in [0.29, 0.717) is 32.1 Å². The molecule has 0 aromatic carbocycles. The third-order valence-electron chi connectivity index (χ3n) is 5.14. The molecule has 8 heteroatoms. The molecule has 0 saturated heterocycles. The van der Waals surface area contributed by atoms with Crippen LogP contribution in [-0.2, 0) is 18.8 Å². The summed E-state index contributed by atoms with van der Waals surface area (Å²) < 4.78 is 11.2. The van der Waals surface area contributed by atoms with Gasteiger partial charge in [0.25, 0.3) is 0 Å². The maximum absolute atomic E-state index is 12.4. The van der Waals surface area contributed by atoms with Crippen LogP contribution in [-0.4, -0.2) is 49.0 Å². The normalized spacial score (nSPS) is 14.8. The summed E-state index contributed by atoms with van der Waals surface area (Å²) in [5.41, 5.74) is -0.684. The molecule has 0 aliphatic carbocycles. The number of aliphatic carboxylic acids is 1. The van der Waals surface area contributed by atoms with Gasteiger partial charge >= 0.3 is 12.1 Å². The van der Waals surface area contributed by atoms with Crippen LogP contribution in [0.5, 0.6) is 0 Å². The number of alkyl carbamates (subject to hydrolysis) is 1. The largest absolute Gasteiger partial charge is 0.480 e. The fourth-order valence-corrected chi connectivity index (χ4v) is 3.79. The van der Waals surface area contributed by atoms with Crippen molar-refractivity contribution in [3.05, 3.63) is 0 Å². The Labute approximate surface area is 177 Å². The van der Waals surface area contributed by atoms with Gasteiger partial charge in [-0.25, -0.2) is 9.59 Å². The molecule has 0 heterocycles. The van der Waals surface area contributed by atoms with E-state index >= 15 is 0 Å². The molecule has 0 aliphatic rings. The van der Waals surface area contributed by atoms with Gasteiger partial charge in [-0.3, -0.25) is 4.79 Å². The van der Waals surface area contributed by atoms with E-state index in [9.17, 15) is 19.5 Å². The Morgan fingerprint density at radius 1 is 1.00 bits per heavy atom. The van der Waals surface area contributed by atoms with Crippen LogP contribution in [0.2, 0.25) is 18.1 Å². The second-order valence-corrected chi connectivity index (χ2v) is 14.9. The SMILES string of the molecule is C[C@@H](O[Si](C)(C)C(C)(C)C)C(=O)CCCCC[C@H](NC(=O)OC(C)(C)C)C(=O)O. The molecule has 1 amide bonds. The van der Waals surface area contributed by atoms with Gasteiger partial charge in [0.05, 0.1) is 0 Å². The van der Waals surface area contributed by atoms with Gasteiger partial charge < -0.3 is 19.6 Å². The lowest BCUT2D eigenvalue weighted by atomic mass is 10.0. The van der Waals surface area contributed by atoms with Crippen molar-refractivity contribution in [1.29, 1.82) is 0 Å². The number of unbranched alkanes of at least 4 members (excludes halogenated alkanes) is 2. The zero-order valence-corrected chi connectivity index (χ0v) is 20.7. The molecule has 0 radical (unpaired) electrons. The Kier molecular flexibility index (Phi) is 10.6. The highest BCUT2D eigenvalue weighted by molar-refractivity contribution is 6.74. The van der Waals surface area contributed by atoms with Gasteiger partial charge in [-0.2, -0.15) is 0 Å². The topological polar surface area (TPSA) is 102 Å². The standard InChI is InChI=1S/C21H41NO6Si/c1-15(28-29(8,9)21(5,6)7)17(23)14-12-10-11-13-16(18(24)25)22-19(26)27-20(2,3)4/h15-16H,10-14H2,1-9H3,(H,22,26)(H,24,25)/t15-,16+/m1/s1. The minimum Gasteiger partial charge on any atom is -0.480 e. The lowest BCUT2D eigenvalue weighted by Crippen LogP contribution is -2.45. The van der Waals surface area contributed by atoms with Crippen LogP contribution in [0.1, 0.15) is 80.6 Å². The third kappa shape index (κ3) is 11.4. The van der Waals surface area contributed by atoms with Crippen LogP contribution in [0.25, 0.3) is 0 Å². The molecule has 0 aromatic heterocycles. The van der Waals surface area contributed by atoms with Crippen molar-refractivity contribution >= 4 is 26.2 Å². The van der Waals surface area contributed by atoms with Crippen molar-refractivity contribution in [2.45, 2.75) is 116 Å². The number of nitrogens with one attached hydrogen (secondary N) is 1. The average Bonchev–Trinajstić information content (AvgIpc) is 2.49. The predicted molar refractivity (Wildman–Crippen MR) is 117 cm³/mol. The van der Waals surface area contributed by atoms with Crippen LogP contribution in [0, 0.1) is 0 Å². The zero-order valence-electron chi connectivity index (χ0n) is 19.7. The minimum absolute atomic E-state index is 0.0501. The van der Waals surface area contributed by atoms with Crippen molar-refractivity contribution in [3.8, 4) is 0 Å². The fraction of sp³-hybridized carbons (Fsp3) is 0.857. The molecule has 2 N–H and O–H groups in total. The maximum Gasteiger partial charge on any atom is 0.408 e. The van der Waals surface area contributed by atoms with Crippen LogP contribution in [0.3, 0.4) is 0 Å².